The summed E-state index contributed by atoms with van der Waals surface area (Å²) in [5, 5.41) is 0. The maximum Gasteiger partial charge on any atom is 0.310 e. The van der Waals surface area contributed by atoms with Crippen LogP contribution in [0.2, 0.25) is 0 Å². The molecule has 20 heavy (non-hydrogen) atoms. The average Bonchev–Trinajstić information content (AvgIpc) is 2.42. The zero-order valence-corrected chi connectivity index (χ0v) is 13.6. The summed E-state index contributed by atoms with van der Waals surface area (Å²) in [5.74, 6) is -0.391. The molecule has 0 rings (SSSR count). The van der Waals surface area contributed by atoms with Crippen molar-refractivity contribution in [1.29, 1.82) is 0 Å². The molecule has 0 saturated carbocycles. The number of nitrogens with zero attached hydrogens (tertiary/aromatic N) is 2. The normalized spacial score (nSPS) is 12.3. The van der Waals surface area contributed by atoms with E-state index in [1.807, 2.05) is 14.1 Å². The molecule has 5 nitrogen and oxygen atoms in total. The number of carbonyl (C=O) groups is 2. The van der Waals surface area contributed by atoms with Crippen molar-refractivity contribution in [2.45, 2.75) is 39.5 Å². The molecule has 0 aliphatic carbocycles. The molecule has 1 unspecified atom stereocenters. The van der Waals surface area contributed by atoms with Gasteiger partial charge in [0.05, 0.1) is 13.0 Å². The molecule has 1 atom stereocenters. The second kappa shape index (κ2) is 10.7. The van der Waals surface area contributed by atoms with Gasteiger partial charge in [0.2, 0.25) is 5.91 Å². The molecule has 0 spiro atoms. The van der Waals surface area contributed by atoms with E-state index in [9.17, 15) is 9.59 Å². The number of unbranched alkanes of at least 4 members (excludes halogenated alkanes) is 1. The third kappa shape index (κ3) is 8.15. The Hall–Kier alpha value is -1.10. The number of methoxy groups -OCH3 is 1. The van der Waals surface area contributed by atoms with Crippen molar-refractivity contribution in [1.82, 2.24) is 9.80 Å². The number of esters is 1. The monoisotopic (exact) mass is 286 g/mol. The summed E-state index contributed by atoms with van der Waals surface area (Å²) >= 11 is 0. The highest BCUT2D eigenvalue weighted by molar-refractivity contribution is 5.77. The van der Waals surface area contributed by atoms with Crippen LogP contribution in [0.1, 0.15) is 39.5 Å². The molecule has 0 fully saturated rings. The smallest absolute Gasteiger partial charge is 0.310 e. The van der Waals surface area contributed by atoms with Crippen molar-refractivity contribution in [2.75, 3.05) is 40.8 Å². The van der Waals surface area contributed by atoms with Gasteiger partial charge in [0.1, 0.15) is 0 Å². The molecule has 0 aliphatic heterocycles. The van der Waals surface area contributed by atoms with E-state index in [4.69, 9.17) is 4.74 Å². The summed E-state index contributed by atoms with van der Waals surface area (Å²) in [6, 6.07) is 0. The number of hydrogen-bond acceptors (Lipinski definition) is 4. The van der Waals surface area contributed by atoms with Gasteiger partial charge in [-0.2, -0.15) is 0 Å². The first kappa shape index (κ1) is 18.9. The Morgan fingerprint density at radius 2 is 1.80 bits per heavy atom. The Morgan fingerprint density at radius 1 is 1.15 bits per heavy atom. The van der Waals surface area contributed by atoms with Crippen LogP contribution in [0.25, 0.3) is 0 Å². The fraction of sp³-hybridized carbons (Fsp3) is 0.867. The highest BCUT2D eigenvalue weighted by Crippen LogP contribution is 2.08. The Labute approximate surface area is 123 Å². The van der Waals surface area contributed by atoms with Crippen molar-refractivity contribution in [2.24, 2.45) is 5.92 Å². The number of ether oxygens (including phenoxy) is 1. The molecule has 0 aromatic carbocycles. The molecule has 0 saturated heterocycles. The van der Waals surface area contributed by atoms with Crippen LogP contribution in [0.5, 0.6) is 0 Å². The molecular weight excluding hydrogens is 256 g/mol. The lowest BCUT2D eigenvalue weighted by molar-refractivity contribution is -0.146. The highest BCUT2D eigenvalue weighted by atomic mass is 16.5. The topological polar surface area (TPSA) is 49.9 Å². The van der Waals surface area contributed by atoms with Crippen molar-refractivity contribution in [3.63, 3.8) is 0 Å². The first-order chi connectivity index (χ1) is 9.42. The van der Waals surface area contributed by atoms with Gasteiger partial charge in [-0.25, -0.2) is 0 Å². The third-order valence-electron chi connectivity index (χ3n) is 3.23. The summed E-state index contributed by atoms with van der Waals surface area (Å²) in [5.41, 5.74) is 0. The average molecular weight is 286 g/mol. The Bertz CT molecular complexity index is 293. The summed E-state index contributed by atoms with van der Waals surface area (Å²) in [7, 11) is 5.41. The maximum atomic E-state index is 12.2. The van der Waals surface area contributed by atoms with E-state index in [-0.39, 0.29) is 17.8 Å². The molecule has 5 heteroatoms. The molecule has 0 aliphatic rings. The fourth-order valence-electron chi connectivity index (χ4n) is 1.99. The molecule has 1 amide bonds. The van der Waals surface area contributed by atoms with Crippen LogP contribution in [0, 0.1) is 5.92 Å². The van der Waals surface area contributed by atoms with Crippen LogP contribution in [-0.4, -0.2) is 62.5 Å². The minimum absolute atomic E-state index is 0.140. The highest BCUT2D eigenvalue weighted by Gasteiger charge is 2.20. The minimum atomic E-state index is -0.273. The fourth-order valence-corrected chi connectivity index (χ4v) is 1.99. The van der Waals surface area contributed by atoms with E-state index in [2.05, 4.69) is 11.8 Å². The van der Waals surface area contributed by atoms with E-state index in [1.54, 1.807) is 11.8 Å². The lowest BCUT2D eigenvalue weighted by Gasteiger charge is -2.25. The molecule has 0 radical (unpaired) electrons. The lowest BCUT2D eigenvalue weighted by atomic mass is 10.1. The number of carbonyl (C=O) groups excluding carboxylic acids is 2. The maximum absolute atomic E-state index is 12.2. The second-order valence-electron chi connectivity index (χ2n) is 5.52. The lowest BCUT2D eigenvalue weighted by Crippen LogP contribution is -2.38. The van der Waals surface area contributed by atoms with Gasteiger partial charge < -0.3 is 14.5 Å². The van der Waals surface area contributed by atoms with E-state index in [0.717, 1.165) is 25.8 Å². The number of rotatable bonds is 10. The SMILES string of the molecule is CCCCC(=O)N(CCCN(C)C)CC(C)C(=O)OC. The van der Waals surface area contributed by atoms with Gasteiger partial charge in [-0.1, -0.05) is 20.3 Å². The Balaban J connectivity index is 4.44. The van der Waals surface area contributed by atoms with Gasteiger partial charge in [-0.15, -0.1) is 0 Å². The van der Waals surface area contributed by atoms with Crippen molar-refractivity contribution < 1.29 is 14.3 Å². The van der Waals surface area contributed by atoms with E-state index >= 15 is 0 Å². The molecule has 0 N–H and O–H groups in total. The molecular formula is C15H30N2O3. The molecule has 0 aromatic rings. The van der Waals surface area contributed by atoms with Gasteiger partial charge in [-0.05, 0) is 33.5 Å². The standard InChI is InChI=1S/C15H30N2O3/c1-6-7-9-14(18)17(11-8-10-16(3)4)12-13(2)15(19)20-5/h13H,6-12H2,1-5H3. The third-order valence-corrected chi connectivity index (χ3v) is 3.23. The van der Waals surface area contributed by atoms with E-state index in [1.165, 1.54) is 7.11 Å². The number of amides is 1. The summed E-state index contributed by atoms with van der Waals surface area (Å²) in [6.07, 6.45) is 3.38. The summed E-state index contributed by atoms with van der Waals surface area (Å²) in [6.45, 7) is 5.95. The zero-order chi connectivity index (χ0) is 15.5. The molecule has 0 heterocycles. The van der Waals surface area contributed by atoms with Crippen LogP contribution in [0.3, 0.4) is 0 Å². The van der Waals surface area contributed by atoms with Crippen molar-refractivity contribution >= 4 is 11.9 Å². The largest absolute Gasteiger partial charge is 0.469 e. The zero-order valence-electron chi connectivity index (χ0n) is 13.6. The van der Waals surface area contributed by atoms with Crippen LogP contribution >= 0.6 is 0 Å². The van der Waals surface area contributed by atoms with Gasteiger partial charge in [-0.3, -0.25) is 9.59 Å². The molecule has 0 bridgehead atoms. The van der Waals surface area contributed by atoms with Crippen molar-refractivity contribution in [3.05, 3.63) is 0 Å². The van der Waals surface area contributed by atoms with Crippen LogP contribution < -0.4 is 0 Å². The van der Waals surface area contributed by atoms with Crippen LogP contribution in [0.4, 0.5) is 0 Å². The summed E-state index contributed by atoms with van der Waals surface area (Å²) in [4.78, 5) is 27.6. The molecule has 118 valence electrons. The minimum Gasteiger partial charge on any atom is -0.469 e. The van der Waals surface area contributed by atoms with Gasteiger partial charge in [0.15, 0.2) is 0 Å². The van der Waals surface area contributed by atoms with Crippen LogP contribution in [0.15, 0.2) is 0 Å². The van der Waals surface area contributed by atoms with Crippen LogP contribution in [-0.2, 0) is 14.3 Å². The number of hydrogen-bond donors (Lipinski definition) is 0. The predicted molar refractivity (Wildman–Crippen MR) is 80.5 cm³/mol. The van der Waals surface area contributed by atoms with Gasteiger partial charge in [0.25, 0.3) is 0 Å². The quantitative estimate of drug-likeness (QED) is 0.574. The summed E-state index contributed by atoms with van der Waals surface area (Å²) < 4.78 is 4.73. The molecule has 0 aromatic heterocycles. The van der Waals surface area contributed by atoms with E-state index < -0.39 is 0 Å². The first-order valence-corrected chi connectivity index (χ1v) is 7.42. The first-order valence-electron chi connectivity index (χ1n) is 7.42. The van der Waals surface area contributed by atoms with Gasteiger partial charge >= 0.3 is 5.97 Å². The predicted octanol–water partition coefficient (Wildman–Crippen LogP) is 1.77. The van der Waals surface area contributed by atoms with Gasteiger partial charge in [0, 0.05) is 19.5 Å². The second-order valence-corrected chi connectivity index (χ2v) is 5.52. The van der Waals surface area contributed by atoms with Crippen molar-refractivity contribution in [3.8, 4) is 0 Å². The Kier molecular flexibility index (Phi) is 10.1. The van der Waals surface area contributed by atoms with E-state index in [0.29, 0.717) is 19.5 Å². The Morgan fingerprint density at radius 3 is 2.30 bits per heavy atom.